The summed E-state index contributed by atoms with van der Waals surface area (Å²) in [4.78, 5) is 67.6. The zero-order valence-corrected chi connectivity index (χ0v) is 27.0. The second-order valence-corrected chi connectivity index (χ2v) is 13.5. The smallest absolute Gasteiger partial charge is 0.338 e. The van der Waals surface area contributed by atoms with E-state index < -0.39 is 34.9 Å². The van der Waals surface area contributed by atoms with Crippen molar-refractivity contribution in [3.05, 3.63) is 108 Å². The molecule has 0 spiro atoms. The van der Waals surface area contributed by atoms with Crippen molar-refractivity contribution >= 4 is 85.7 Å². The maximum atomic E-state index is 13.9. The summed E-state index contributed by atoms with van der Waals surface area (Å²) >= 11 is 11.6. The Kier molecular flexibility index (Phi) is 8.51. The number of imide groups is 1. The predicted molar refractivity (Wildman–Crippen MR) is 173 cm³/mol. The average Bonchev–Trinajstić information content (AvgIpc) is 3.45. The number of thioether (sulfide) groups is 1. The summed E-state index contributed by atoms with van der Waals surface area (Å²) in [5, 5.41) is 2.91. The largest absolute Gasteiger partial charge is 0.462 e. The van der Waals surface area contributed by atoms with E-state index in [0.717, 1.165) is 33.1 Å². The van der Waals surface area contributed by atoms with Gasteiger partial charge < -0.3 is 10.1 Å². The lowest BCUT2D eigenvalue weighted by molar-refractivity contribution is -0.122. The molecule has 13 heteroatoms. The number of carbonyl (C=O) groups excluding carboxylic acids is 4. The van der Waals surface area contributed by atoms with Crippen LogP contribution in [-0.4, -0.2) is 40.1 Å². The number of aromatic nitrogens is 1. The van der Waals surface area contributed by atoms with Gasteiger partial charge in [0.1, 0.15) is 11.8 Å². The highest BCUT2D eigenvalue weighted by Gasteiger charge is 2.56. The van der Waals surface area contributed by atoms with Gasteiger partial charge in [-0.15, -0.1) is 0 Å². The summed E-state index contributed by atoms with van der Waals surface area (Å²) in [5.74, 6) is -3.00. The number of carbonyl (C=O) groups is 4. The third kappa shape index (κ3) is 5.63. The first kappa shape index (κ1) is 30.3. The molecule has 2 aliphatic heterocycles. The van der Waals surface area contributed by atoms with Crippen LogP contribution in [0.15, 0.2) is 87.1 Å². The Balaban J connectivity index is 1.33. The normalized spacial score (nSPS) is 19.0. The quantitative estimate of drug-likeness (QED) is 0.187. The molecule has 9 nitrogen and oxygen atoms in total. The topological polar surface area (TPSA) is 115 Å². The Hall–Kier alpha value is -3.71. The fourth-order valence-corrected chi connectivity index (χ4v) is 8.54. The van der Waals surface area contributed by atoms with E-state index in [1.54, 1.807) is 55.5 Å². The molecule has 3 heterocycles. The number of fused-ring (bicyclic) bond motifs is 2. The number of benzene rings is 3. The molecule has 0 unspecified atom stereocenters. The first-order valence-corrected chi connectivity index (χ1v) is 16.4. The van der Waals surface area contributed by atoms with Crippen molar-refractivity contribution in [2.24, 2.45) is 5.92 Å². The summed E-state index contributed by atoms with van der Waals surface area (Å²) in [6, 6.07) is 20.2. The van der Waals surface area contributed by atoms with Crippen molar-refractivity contribution in [2.75, 3.05) is 16.8 Å². The van der Waals surface area contributed by atoms with Crippen molar-refractivity contribution in [3.8, 4) is 0 Å². The fraction of sp³-hybridized carbons (Fsp3) is 0.194. The lowest BCUT2D eigenvalue weighted by atomic mass is 9.83. The maximum Gasteiger partial charge on any atom is 0.338 e. The molecule has 0 radical (unpaired) electrons. The minimum Gasteiger partial charge on any atom is -0.462 e. The Morgan fingerprint density at radius 1 is 0.955 bits per heavy atom. The number of thiazole rings is 1. The number of hydrogen-bond acceptors (Lipinski definition) is 8. The van der Waals surface area contributed by atoms with Gasteiger partial charge in [0.05, 0.1) is 28.8 Å². The van der Waals surface area contributed by atoms with E-state index in [2.05, 4.69) is 21.2 Å². The van der Waals surface area contributed by atoms with Gasteiger partial charge in [0.15, 0.2) is 0 Å². The second kappa shape index (κ2) is 12.4. The molecule has 3 amide bonds. The highest BCUT2D eigenvalue weighted by Crippen LogP contribution is 2.54. The van der Waals surface area contributed by atoms with Crippen LogP contribution in [0.4, 0.5) is 11.4 Å². The number of nitrogens with zero attached hydrogens (tertiary/aromatic N) is 2. The molecule has 1 saturated heterocycles. The third-order valence-corrected chi connectivity index (χ3v) is 10.7. The van der Waals surface area contributed by atoms with Gasteiger partial charge in [-0.1, -0.05) is 62.8 Å². The molecule has 3 atom stereocenters. The summed E-state index contributed by atoms with van der Waals surface area (Å²) in [7, 11) is 0. The predicted octanol–water partition coefficient (Wildman–Crippen LogP) is 5.94. The number of nitrogens with one attached hydrogen (secondary N) is 1. The lowest BCUT2D eigenvalue weighted by Gasteiger charge is -2.30. The molecule has 1 N–H and O–H groups in total. The summed E-state index contributed by atoms with van der Waals surface area (Å²) in [6.07, 6.45) is 0. The van der Waals surface area contributed by atoms with Crippen LogP contribution in [0, 0.1) is 5.92 Å². The number of halogens is 2. The number of hydrogen-bond donors (Lipinski definition) is 1. The van der Waals surface area contributed by atoms with Crippen LogP contribution in [0.25, 0.3) is 0 Å². The summed E-state index contributed by atoms with van der Waals surface area (Å²) in [6.45, 7) is 1.66. The Bertz CT molecular complexity index is 1840. The van der Waals surface area contributed by atoms with E-state index in [1.165, 1.54) is 9.47 Å². The second-order valence-electron chi connectivity index (χ2n) is 10.1. The Morgan fingerprint density at radius 2 is 1.64 bits per heavy atom. The van der Waals surface area contributed by atoms with Crippen molar-refractivity contribution in [1.82, 2.24) is 4.57 Å². The maximum absolute atomic E-state index is 13.9. The number of amides is 3. The minimum atomic E-state index is -0.807. The number of esters is 1. The first-order valence-electron chi connectivity index (χ1n) is 13.5. The van der Waals surface area contributed by atoms with Crippen molar-refractivity contribution < 1.29 is 23.9 Å². The van der Waals surface area contributed by atoms with Crippen LogP contribution in [0.2, 0.25) is 5.02 Å². The van der Waals surface area contributed by atoms with Gasteiger partial charge in [0.2, 0.25) is 17.7 Å². The SMILES string of the molecule is CCOC(=O)c1ccc(NC(=O)Cn2c3c(sc2=O)[C@@H](c2ccc(Br)cc2)[C@@H]2C(=O)N(c4ccc(Cl)cc4)C(=O)[C@@H]2S3)cc1. The fourth-order valence-electron chi connectivity index (χ4n) is 5.38. The molecule has 3 aromatic carbocycles. The standard InChI is InChI=1S/C31H23BrClN3O6S2/c1-2-42-30(40)17-5-11-20(12-6-17)34-22(37)15-35-29-26(44-31(35)41)23(16-3-7-18(32)8-4-16)24-25(43-29)28(39)36(27(24)38)21-13-9-19(33)10-14-21/h3-14,23-25H,2,15H2,1H3,(H,34,37)/t23-,24-,25+/m0/s1. The highest BCUT2D eigenvalue weighted by atomic mass is 79.9. The third-order valence-electron chi connectivity index (χ3n) is 7.34. The van der Waals surface area contributed by atoms with Crippen LogP contribution in [0.3, 0.4) is 0 Å². The Labute approximate surface area is 273 Å². The van der Waals surface area contributed by atoms with Crippen molar-refractivity contribution in [1.29, 1.82) is 0 Å². The molecular formula is C31H23BrClN3O6S2. The molecule has 0 aliphatic carbocycles. The van der Waals surface area contributed by atoms with E-state index in [1.807, 2.05) is 24.3 Å². The van der Waals surface area contributed by atoms with Gasteiger partial charge in [-0.2, -0.15) is 0 Å². The van der Waals surface area contributed by atoms with Crippen molar-refractivity contribution in [3.63, 3.8) is 0 Å². The zero-order valence-electron chi connectivity index (χ0n) is 23.0. The lowest BCUT2D eigenvalue weighted by Crippen LogP contribution is -2.33. The monoisotopic (exact) mass is 711 g/mol. The van der Waals surface area contributed by atoms with Crippen LogP contribution < -0.4 is 15.1 Å². The van der Waals surface area contributed by atoms with E-state index in [9.17, 15) is 24.0 Å². The molecule has 1 fully saturated rings. The van der Waals surface area contributed by atoms with E-state index in [0.29, 0.717) is 31.9 Å². The first-order chi connectivity index (χ1) is 21.2. The van der Waals surface area contributed by atoms with Crippen molar-refractivity contribution in [2.45, 2.75) is 29.7 Å². The van der Waals surface area contributed by atoms with Gasteiger partial charge in [-0.3, -0.25) is 23.7 Å². The number of anilines is 2. The van der Waals surface area contributed by atoms with Gasteiger partial charge >= 0.3 is 10.8 Å². The Morgan fingerprint density at radius 3 is 2.30 bits per heavy atom. The van der Waals surface area contributed by atoms with Gasteiger partial charge in [0, 0.05) is 26.0 Å². The molecule has 224 valence electrons. The van der Waals surface area contributed by atoms with E-state index >= 15 is 0 Å². The van der Waals surface area contributed by atoms with Gasteiger partial charge in [-0.25, -0.2) is 9.69 Å². The van der Waals surface area contributed by atoms with Gasteiger partial charge in [-0.05, 0) is 73.2 Å². The van der Waals surface area contributed by atoms with Crippen LogP contribution in [0.5, 0.6) is 0 Å². The molecule has 44 heavy (non-hydrogen) atoms. The molecule has 6 rings (SSSR count). The molecular weight excluding hydrogens is 690 g/mol. The molecule has 2 aliphatic rings. The van der Waals surface area contributed by atoms with Crippen LogP contribution >= 0.6 is 50.6 Å². The summed E-state index contributed by atoms with van der Waals surface area (Å²) in [5.41, 5.74) is 1.99. The number of ether oxygens (including phenoxy) is 1. The summed E-state index contributed by atoms with van der Waals surface area (Å²) < 4.78 is 7.19. The zero-order chi connectivity index (χ0) is 31.1. The number of rotatable bonds is 7. The minimum absolute atomic E-state index is 0.248. The van der Waals surface area contributed by atoms with Crippen LogP contribution in [0.1, 0.15) is 33.6 Å². The van der Waals surface area contributed by atoms with E-state index in [4.69, 9.17) is 16.3 Å². The molecule has 1 aromatic heterocycles. The average molecular weight is 713 g/mol. The van der Waals surface area contributed by atoms with E-state index in [-0.39, 0.29) is 23.9 Å². The molecule has 0 saturated carbocycles. The van der Waals surface area contributed by atoms with Gasteiger partial charge in [0.25, 0.3) is 0 Å². The van der Waals surface area contributed by atoms with Crippen LogP contribution in [-0.2, 0) is 25.7 Å². The molecule has 0 bridgehead atoms. The molecule has 4 aromatic rings. The highest BCUT2D eigenvalue weighted by molar-refractivity contribution is 9.10.